The molecule has 0 bridgehead atoms. The van der Waals surface area contributed by atoms with Gasteiger partial charge in [-0.15, -0.1) is 0 Å². The number of imidazole rings is 1. The first-order chi connectivity index (χ1) is 8.24. The van der Waals surface area contributed by atoms with Crippen LogP contribution in [-0.2, 0) is 6.42 Å². The van der Waals surface area contributed by atoms with Crippen molar-refractivity contribution in [3.63, 3.8) is 0 Å². The van der Waals surface area contributed by atoms with Gasteiger partial charge in [-0.2, -0.15) is 0 Å². The van der Waals surface area contributed by atoms with Crippen LogP contribution in [0.5, 0.6) is 5.75 Å². The van der Waals surface area contributed by atoms with Crippen molar-refractivity contribution < 1.29 is 9.52 Å². The van der Waals surface area contributed by atoms with Crippen molar-refractivity contribution in [1.29, 1.82) is 0 Å². The van der Waals surface area contributed by atoms with Gasteiger partial charge in [-0.1, -0.05) is 0 Å². The van der Waals surface area contributed by atoms with Gasteiger partial charge >= 0.3 is 0 Å². The molecule has 0 aliphatic rings. The van der Waals surface area contributed by atoms with Crippen molar-refractivity contribution in [2.45, 2.75) is 6.42 Å². The summed E-state index contributed by atoms with van der Waals surface area (Å²) in [5.41, 5.74) is 0.839. The normalized spacial score (nSPS) is 11.1. The van der Waals surface area contributed by atoms with Crippen molar-refractivity contribution in [2.24, 2.45) is 0 Å². The molecule has 0 amide bonds. The van der Waals surface area contributed by atoms with Gasteiger partial charge in [-0.05, 0) is 34.1 Å². The average molecular weight is 293 g/mol. The number of nitrogens with zero attached hydrogens (tertiary/aromatic N) is 2. The summed E-state index contributed by atoms with van der Waals surface area (Å²) >= 11 is 3.38. The van der Waals surface area contributed by atoms with Crippen LogP contribution in [0, 0.1) is 0 Å². The fourth-order valence-corrected chi connectivity index (χ4v) is 2.30. The van der Waals surface area contributed by atoms with Crippen LogP contribution >= 0.6 is 15.9 Å². The molecule has 3 heterocycles. The maximum absolute atomic E-state index is 9.44. The second-order valence-corrected chi connectivity index (χ2v) is 4.47. The molecule has 3 aromatic heterocycles. The Morgan fingerprint density at radius 2 is 2.29 bits per heavy atom. The summed E-state index contributed by atoms with van der Waals surface area (Å²) < 4.78 is 7.94. The van der Waals surface area contributed by atoms with Gasteiger partial charge in [0.05, 0.1) is 18.2 Å². The van der Waals surface area contributed by atoms with E-state index < -0.39 is 0 Å². The second kappa shape index (κ2) is 3.92. The predicted octanol–water partition coefficient (Wildman–Crippen LogP) is 2.99. The molecule has 0 radical (unpaired) electrons. The Morgan fingerprint density at radius 3 is 3.06 bits per heavy atom. The quantitative estimate of drug-likeness (QED) is 0.790. The van der Waals surface area contributed by atoms with Crippen molar-refractivity contribution in [2.75, 3.05) is 0 Å². The third kappa shape index (κ3) is 1.82. The smallest absolute Gasteiger partial charge is 0.132 e. The molecule has 86 valence electrons. The fourth-order valence-electron chi connectivity index (χ4n) is 1.79. The minimum atomic E-state index is 0.225. The standard InChI is InChI=1S/C12H9BrN2O2/c13-12-10-6-8(16)3-4-15(10)11(14-12)7-9-2-1-5-17-9/h1-6,16H,7H2. The summed E-state index contributed by atoms with van der Waals surface area (Å²) in [4.78, 5) is 4.41. The van der Waals surface area contributed by atoms with Gasteiger partial charge in [0.1, 0.15) is 21.9 Å². The molecule has 5 heteroatoms. The Bertz CT molecular complexity index is 659. The zero-order valence-electron chi connectivity index (χ0n) is 8.80. The lowest BCUT2D eigenvalue weighted by molar-refractivity contribution is 0.475. The highest BCUT2D eigenvalue weighted by Crippen LogP contribution is 2.23. The van der Waals surface area contributed by atoms with Gasteiger partial charge in [-0.25, -0.2) is 4.98 Å². The maximum Gasteiger partial charge on any atom is 0.132 e. The molecule has 0 fully saturated rings. The topological polar surface area (TPSA) is 50.7 Å². The molecule has 1 N–H and O–H groups in total. The summed E-state index contributed by atoms with van der Waals surface area (Å²) in [6, 6.07) is 7.07. The molecule has 17 heavy (non-hydrogen) atoms. The lowest BCUT2D eigenvalue weighted by atomic mass is 10.3. The van der Waals surface area contributed by atoms with Crippen LogP contribution in [0.2, 0.25) is 0 Å². The molecule has 0 aliphatic heterocycles. The Hall–Kier alpha value is -1.75. The number of halogens is 1. The van der Waals surface area contributed by atoms with E-state index in [1.165, 1.54) is 0 Å². The van der Waals surface area contributed by atoms with Crippen molar-refractivity contribution in [3.8, 4) is 5.75 Å². The van der Waals surface area contributed by atoms with Gasteiger partial charge in [0.25, 0.3) is 0 Å². The van der Waals surface area contributed by atoms with Crippen molar-refractivity contribution >= 4 is 21.4 Å². The first-order valence-corrected chi connectivity index (χ1v) is 5.91. The summed E-state index contributed by atoms with van der Waals surface area (Å²) in [7, 11) is 0. The minimum absolute atomic E-state index is 0.225. The minimum Gasteiger partial charge on any atom is -0.508 e. The van der Waals surface area contributed by atoms with E-state index in [0.29, 0.717) is 6.42 Å². The molecular formula is C12H9BrN2O2. The van der Waals surface area contributed by atoms with Crippen LogP contribution in [0.15, 0.2) is 45.7 Å². The molecule has 0 spiro atoms. The number of aromatic nitrogens is 2. The molecule has 0 unspecified atom stereocenters. The van der Waals surface area contributed by atoms with E-state index in [1.807, 2.05) is 16.5 Å². The number of hydrogen-bond acceptors (Lipinski definition) is 3. The highest BCUT2D eigenvalue weighted by molar-refractivity contribution is 9.10. The SMILES string of the molecule is Oc1ccn2c(Cc3ccco3)nc(Br)c2c1. The zero-order chi connectivity index (χ0) is 11.8. The Kier molecular flexibility index (Phi) is 2.40. The van der Waals surface area contributed by atoms with E-state index in [-0.39, 0.29) is 5.75 Å². The first-order valence-electron chi connectivity index (χ1n) is 5.12. The Balaban J connectivity index is 2.11. The Morgan fingerprint density at radius 1 is 1.41 bits per heavy atom. The van der Waals surface area contributed by atoms with Crippen LogP contribution in [0.3, 0.4) is 0 Å². The van der Waals surface area contributed by atoms with Gasteiger partial charge < -0.3 is 13.9 Å². The summed E-state index contributed by atoms with van der Waals surface area (Å²) in [6.45, 7) is 0. The molecule has 3 aromatic rings. The Labute approximate surface area is 106 Å². The zero-order valence-corrected chi connectivity index (χ0v) is 10.4. The molecule has 0 atom stereocenters. The largest absolute Gasteiger partial charge is 0.508 e. The van der Waals surface area contributed by atoms with E-state index >= 15 is 0 Å². The average Bonchev–Trinajstić information content (AvgIpc) is 2.89. The number of furan rings is 1. The van der Waals surface area contributed by atoms with Crippen LogP contribution in [0.1, 0.15) is 11.6 Å². The van der Waals surface area contributed by atoms with E-state index in [9.17, 15) is 5.11 Å². The number of pyridine rings is 1. The van der Waals surface area contributed by atoms with Crippen LogP contribution < -0.4 is 0 Å². The monoisotopic (exact) mass is 292 g/mol. The summed E-state index contributed by atoms with van der Waals surface area (Å²) in [5.74, 6) is 1.95. The lowest BCUT2D eigenvalue weighted by Gasteiger charge is -1.99. The van der Waals surface area contributed by atoms with Crippen molar-refractivity contribution in [3.05, 3.63) is 52.9 Å². The number of hydrogen-bond donors (Lipinski definition) is 1. The highest BCUT2D eigenvalue weighted by Gasteiger charge is 2.11. The number of aromatic hydroxyl groups is 1. The van der Waals surface area contributed by atoms with Crippen LogP contribution in [0.25, 0.3) is 5.52 Å². The lowest BCUT2D eigenvalue weighted by Crippen LogP contribution is -1.94. The molecule has 4 nitrogen and oxygen atoms in total. The third-order valence-electron chi connectivity index (χ3n) is 2.57. The number of fused-ring (bicyclic) bond motifs is 1. The predicted molar refractivity (Wildman–Crippen MR) is 66.1 cm³/mol. The molecule has 0 saturated heterocycles. The molecular weight excluding hydrogens is 284 g/mol. The molecule has 0 saturated carbocycles. The summed E-state index contributed by atoms with van der Waals surface area (Å²) in [6.07, 6.45) is 4.05. The third-order valence-corrected chi connectivity index (χ3v) is 3.15. The van der Waals surface area contributed by atoms with Crippen LogP contribution in [0.4, 0.5) is 0 Å². The molecule has 3 rings (SSSR count). The van der Waals surface area contributed by atoms with Gasteiger partial charge in [0.15, 0.2) is 0 Å². The summed E-state index contributed by atoms with van der Waals surface area (Å²) in [5, 5.41) is 9.44. The van der Waals surface area contributed by atoms with E-state index in [2.05, 4.69) is 20.9 Å². The number of rotatable bonds is 2. The van der Waals surface area contributed by atoms with E-state index in [0.717, 1.165) is 21.7 Å². The second-order valence-electron chi connectivity index (χ2n) is 3.72. The van der Waals surface area contributed by atoms with Crippen molar-refractivity contribution in [1.82, 2.24) is 9.38 Å². The van der Waals surface area contributed by atoms with E-state index in [4.69, 9.17) is 4.42 Å². The van der Waals surface area contributed by atoms with Gasteiger partial charge in [-0.3, -0.25) is 0 Å². The van der Waals surface area contributed by atoms with Crippen LogP contribution in [-0.4, -0.2) is 14.5 Å². The first kappa shape index (κ1) is 10.4. The maximum atomic E-state index is 9.44. The molecule has 0 aromatic carbocycles. The highest BCUT2D eigenvalue weighted by atomic mass is 79.9. The molecule has 0 aliphatic carbocycles. The van der Waals surface area contributed by atoms with Gasteiger partial charge in [0.2, 0.25) is 0 Å². The van der Waals surface area contributed by atoms with E-state index in [1.54, 1.807) is 24.6 Å². The van der Waals surface area contributed by atoms with Gasteiger partial charge in [0, 0.05) is 12.3 Å². The fraction of sp³-hybridized carbons (Fsp3) is 0.0833.